The largest absolute Gasteiger partial charge is 0.497 e. The summed E-state index contributed by atoms with van der Waals surface area (Å²) in [4.78, 5) is 27.2. The monoisotopic (exact) mass is 449 g/mol. The van der Waals surface area contributed by atoms with Crippen LogP contribution in [0, 0.1) is 0 Å². The zero-order valence-electron chi connectivity index (χ0n) is 19.2. The first-order valence-corrected chi connectivity index (χ1v) is 10.9. The SMILES string of the molecule is COc1ccc(C(=O)c2cc(C(=O)c3ccc(OC)cc3)c3c(c2)c2ccccc2n3C)cc1. The molecule has 0 bridgehead atoms. The molecule has 0 saturated carbocycles. The highest BCUT2D eigenvalue weighted by Crippen LogP contribution is 2.33. The summed E-state index contributed by atoms with van der Waals surface area (Å²) in [6.45, 7) is 0. The minimum absolute atomic E-state index is 0.150. The van der Waals surface area contributed by atoms with Crippen LogP contribution >= 0.6 is 0 Å². The van der Waals surface area contributed by atoms with E-state index in [1.807, 2.05) is 41.9 Å². The third-order valence-electron chi connectivity index (χ3n) is 6.21. The van der Waals surface area contributed by atoms with Crippen molar-refractivity contribution in [1.82, 2.24) is 4.57 Å². The molecule has 0 aliphatic rings. The molecule has 5 rings (SSSR count). The second-order valence-corrected chi connectivity index (χ2v) is 8.11. The molecule has 0 atom stereocenters. The van der Waals surface area contributed by atoms with Crippen molar-refractivity contribution in [2.45, 2.75) is 0 Å². The number of hydrogen-bond acceptors (Lipinski definition) is 4. The second kappa shape index (κ2) is 8.52. The van der Waals surface area contributed by atoms with Crippen molar-refractivity contribution in [3.05, 3.63) is 107 Å². The van der Waals surface area contributed by atoms with Crippen molar-refractivity contribution < 1.29 is 19.1 Å². The molecular formula is C29H23NO4. The molecule has 0 amide bonds. The van der Waals surface area contributed by atoms with Crippen LogP contribution in [0.5, 0.6) is 11.5 Å². The number of hydrogen-bond donors (Lipinski definition) is 0. The van der Waals surface area contributed by atoms with E-state index in [0.29, 0.717) is 33.8 Å². The fraction of sp³-hybridized carbons (Fsp3) is 0.103. The summed E-state index contributed by atoms with van der Waals surface area (Å²) in [5.41, 5.74) is 3.80. The van der Waals surface area contributed by atoms with Crippen LogP contribution in [0.3, 0.4) is 0 Å². The number of aryl methyl sites for hydroxylation is 1. The van der Waals surface area contributed by atoms with Gasteiger partial charge in [-0.25, -0.2) is 0 Å². The summed E-state index contributed by atoms with van der Waals surface area (Å²) in [6.07, 6.45) is 0. The maximum absolute atomic E-state index is 13.7. The predicted octanol–water partition coefficient (Wildman–Crippen LogP) is 5.81. The summed E-state index contributed by atoms with van der Waals surface area (Å²) in [6, 6.07) is 25.6. The van der Waals surface area contributed by atoms with E-state index in [-0.39, 0.29) is 11.6 Å². The molecule has 5 heteroatoms. The lowest BCUT2D eigenvalue weighted by atomic mass is 9.94. The third-order valence-corrected chi connectivity index (χ3v) is 6.21. The normalized spacial score (nSPS) is 11.0. The van der Waals surface area contributed by atoms with Gasteiger partial charge >= 0.3 is 0 Å². The molecule has 0 N–H and O–H groups in total. The number of carbonyl (C=O) groups is 2. The van der Waals surface area contributed by atoms with E-state index >= 15 is 0 Å². The zero-order chi connectivity index (χ0) is 23.8. The molecule has 1 heterocycles. The summed E-state index contributed by atoms with van der Waals surface area (Å²) in [5, 5.41) is 1.86. The smallest absolute Gasteiger partial charge is 0.195 e. The lowest BCUT2D eigenvalue weighted by molar-refractivity contribution is 0.103. The highest BCUT2D eigenvalue weighted by atomic mass is 16.5. The Balaban J connectivity index is 1.73. The molecule has 5 nitrogen and oxygen atoms in total. The number of nitrogens with zero attached hydrogens (tertiary/aromatic N) is 1. The van der Waals surface area contributed by atoms with Crippen LogP contribution in [-0.4, -0.2) is 30.4 Å². The number of carbonyl (C=O) groups excluding carboxylic acids is 2. The van der Waals surface area contributed by atoms with E-state index in [0.717, 1.165) is 21.8 Å². The molecule has 0 saturated heterocycles. The molecule has 34 heavy (non-hydrogen) atoms. The molecule has 0 aliphatic heterocycles. The van der Waals surface area contributed by atoms with Gasteiger partial charge in [-0.05, 0) is 66.7 Å². The molecule has 0 aliphatic carbocycles. The first-order valence-electron chi connectivity index (χ1n) is 10.9. The average molecular weight is 450 g/mol. The van der Waals surface area contributed by atoms with E-state index in [1.165, 1.54) is 0 Å². The Bertz CT molecular complexity index is 1540. The Kier molecular flexibility index (Phi) is 5.38. The maximum atomic E-state index is 13.7. The fourth-order valence-electron chi connectivity index (χ4n) is 4.43. The van der Waals surface area contributed by atoms with Crippen molar-refractivity contribution in [3.63, 3.8) is 0 Å². The van der Waals surface area contributed by atoms with Gasteiger partial charge in [0, 0.05) is 45.6 Å². The number of fused-ring (bicyclic) bond motifs is 3. The molecular weight excluding hydrogens is 426 g/mol. The second-order valence-electron chi connectivity index (χ2n) is 8.11. The molecule has 5 aromatic rings. The van der Waals surface area contributed by atoms with E-state index in [4.69, 9.17) is 9.47 Å². The average Bonchev–Trinajstić information content (AvgIpc) is 3.19. The third kappa shape index (κ3) is 3.52. The number of methoxy groups -OCH3 is 2. The van der Waals surface area contributed by atoms with Gasteiger partial charge in [0.25, 0.3) is 0 Å². The number of benzene rings is 4. The summed E-state index contributed by atoms with van der Waals surface area (Å²) in [5.74, 6) is 1.05. The van der Waals surface area contributed by atoms with Crippen LogP contribution in [0.4, 0.5) is 0 Å². The zero-order valence-corrected chi connectivity index (χ0v) is 19.2. The lowest BCUT2D eigenvalue weighted by Gasteiger charge is -2.10. The first-order chi connectivity index (χ1) is 16.5. The highest BCUT2D eigenvalue weighted by molar-refractivity contribution is 6.23. The molecule has 1 aromatic heterocycles. The van der Waals surface area contributed by atoms with Crippen molar-refractivity contribution in [2.75, 3.05) is 14.2 Å². The number of ether oxygens (including phenoxy) is 2. The van der Waals surface area contributed by atoms with Gasteiger partial charge in [0.1, 0.15) is 11.5 Å². The molecule has 0 spiro atoms. The van der Waals surface area contributed by atoms with Gasteiger partial charge in [0.05, 0.1) is 19.7 Å². The number of rotatable bonds is 6. The van der Waals surface area contributed by atoms with E-state index in [2.05, 4.69) is 0 Å². The minimum Gasteiger partial charge on any atom is -0.497 e. The summed E-state index contributed by atoms with van der Waals surface area (Å²) >= 11 is 0. The lowest BCUT2D eigenvalue weighted by Crippen LogP contribution is -2.08. The molecule has 168 valence electrons. The van der Waals surface area contributed by atoms with E-state index in [9.17, 15) is 9.59 Å². The van der Waals surface area contributed by atoms with Gasteiger partial charge in [-0.15, -0.1) is 0 Å². The molecule has 0 unspecified atom stereocenters. The van der Waals surface area contributed by atoms with Gasteiger partial charge < -0.3 is 14.0 Å². The Hall–Kier alpha value is -4.38. The number of para-hydroxylation sites is 1. The Morgan fingerprint density at radius 1 is 0.647 bits per heavy atom. The van der Waals surface area contributed by atoms with E-state index in [1.54, 1.807) is 68.8 Å². The number of ketones is 2. The summed E-state index contributed by atoms with van der Waals surface area (Å²) < 4.78 is 12.5. The van der Waals surface area contributed by atoms with Crippen molar-refractivity contribution in [1.29, 1.82) is 0 Å². The molecule has 0 fully saturated rings. The summed E-state index contributed by atoms with van der Waals surface area (Å²) in [7, 11) is 5.12. The maximum Gasteiger partial charge on any atom is 0.195 e. The van der Waals surface area contributed by atoms with Crippen LogP contribution < -0.4 is 9.47 Å². The standard InChI is InChI=1S/C29H23NO4/c1-30-26-7-5-4-6-23(26)24-16-20(28(31)18-8-12-21(33-2)13-9-18)17-25(27(24)30)29(32)19-10-14-22(34-3)15-11-19/h4-17H,1-3H3. The van der Waals surface area contributed by atoms with Gasteiger partial charge in [-0.1, -0.05) is 18.2 Å². The van der Waals surface area contributed by atoms with Crippen molar-refractivity contribution >= 4 is 33.4 Å². The first kappa shape index (κ1) is 21.5. The van der Waals surface area contributed by atoms with Crippen LogP contribution in [0.25, 0.3) is 21.8 Å². The van der Waals surface area contributed by atoms with Crippen LogP contribution in [0.2, 0.25) is 0 Å². The molecule has 4 aromatic carbocycles. The van der Waals surface area contributed by atoms with Crippen LogP contribution in [0.1, 0.15) is 31.8 Å². The molecule has 0 radical (unpaired) electrons. The topological polar surface area (TPSA) is 57.5 Å². The van der Waals surface area contributed by atoms with E-state index < -0.39 is 0 Å². The van der Waals surface area contributed by atoms with Gasteiger partial charge in [0.2, 0.25) is 0 Å². The number of aromatic nitrogens is 1. The van der Waals surface area contributed by atoms with Gasteiger partial charge in [0.15, 0.2) is 11.6 Å². The Morgan fingerprint density at radius 3 is 1.79 bits per heavy atom. The van der Waals surface area contributed by atoms with Gasteiger partial charge in [-0.3, -0.25) is 9.59 Å². The van der Waals surface area contributed by atoms with Crippen LogP contribution in [-0.2, 0) is 7.05 Å². The highest BCUT2D eigenvalue weighted by Gasteiger charge is 2.22. The van der Waals surface area contributed by atoms with Crippen molar-refractivity contribution in [2.24, 2.45) is 7.05 Å². The quantitative estimate of drug-likeness (QED) is 0.307. The minimum atomic E-state index is -0.152. The predicted molar refractivity (Wildman–Crippen MR) is 133 cm³/mol. The Labute approximate surface area is 197 Å². The fourth-order valence-corrected chi connectivity index (χ4v) is 4.43. The Morgan fingerprint density at radius 2 is 1.21 bits per heavy atom. The van der Waals surface area contributed by atoms with Crippen molar-refractivity contribution in [3.8, 4) is 11.5 Å². The van der Waals surface area contributed by atoms with Gasteiger partial charge in [-0.2, -0.15) is 0 Å². The van der Waals surface area contributed by atoms with Crippen LogP contribution in [0.15, 0.2) is 84.9 Å².